The maximum Gasteiger partial charge on any atom is 0.142 e. The van der Waals surface area contributed by atoms with Gasteiger partial charge >= 0.3 is 0 Å². The van der Waals surface area contributed by atoms with Gasteiger partial charge in [0, 0.05) is 5.56 Å². The summed E-state index contributed by atoms with van der Waals surface area (Å²) in [5, 5.41) is 0.0512. The standard InChI is InChI=1S/C32H37ClF2/c1-2-3-4-5-6-23-9-14-26(15-10-23)27-16-11-24(12-17-27)7-8-25-13-19-29(31(34)21-25)28-18-20-30(33)32(35)22-28/h9-10,13-15,18-22,24,27H,2-8,11-12,16-17H2,1H3. The molecule has 0 saturated heterocycles. The van der Waals surface area contributed by atoms with Crippen LogP contribution in [-0.2, 0) is 12.8 Å². The molecule has 4 rings (SSSR count). The average molecular weight is 495 g/mol. The average Bonchev–Trinajstić information content (AvgIpc) is 2.88. The Morgan fingerprint density at radius 3 is 2.17 bits per heavy atom. The van der Waals surface area contributed by atoms with E-state index >= 15 is 0 Å². The van der Waals surface area contributed by atoms with Gasteiger partial charge < -0.3 is 0 Å². The highest BCUT2D eigenvalue weighted by molar-refractivity contribution is 6.30. The van der Waals surface area contributed by atoms with Crippen LogP contribution in [0.2, 0.25) is 5.02 Å². The van der Waals surface area contributed by atoms with Crippen LogP contribution in [0.15, 0.2) is 60.7 Å². The number of aryl methyl sites for hydroxylation is 2. The molecule has 0 aliphatic heterocycles. The molecular weight excluding hydrogens is 458 g/mol. The van der Waals surface area contributed by atoms with Crippen molar-refractivity contribution >= 4 is 11.6 Å². The van der Waals surface area contributed by atoms with Crippen LogP contribution in [0, 0.1) is 17.6 Å². The first kappa shape index (κ1) is 25.9. The first-order valence-electron chi connectivity index (χ1n) is 13.4. The van der Waals surface area contributed by atoms with E-state index in [4.69, 9.17) is 11.6 Å². The molecule has 3 aromatic rings. The number of benzene rings is 3. The quantitative estimate of drug-likeness (QED) is 0.246. The van der Waals surface area contributed by atoms with Crippen LogP contribution < -0.4 is 0 Å². The third-order valence-corrected chi connectivity index (χ3v) is 8.03. The summed E-state index contributed by atoms with van der Waals surface area (Å²) in [7, 11) is 0. The van der Waals surface area contributed by atoms with E-state index in [0.717, 1.165) is 18.4 Å². The third kappa shape index (κ3) is 7.17. The van der Waals surface area contributed by atoms with E-state index in [2.05, 4.69) is 31.2 Å². The fourth-order valence-corrected chi connectivity index (χ4v) is 5.60. The molecule has 0 heterocycles. The topological polar surface area (TPSA) is 0 Å². The minimum Gasteiger partial charge on any atom is -0.206 e. The zero-order valence-electron chi connectivity index (χ0n) is 20.8. The van der Waals surface area contributed by atoms with Gasteiger partial charge in [0.25, 0.3) is 0 Å². The lowest BCUT2D eigenvalue weighted by Gasteiger charge is -2.29. The van der Waals surface area contributed by atoms with Gasteiger partial charge in [-0.2, -0.15) is 0 Å². The molecule has 3 heteroatoms. The molecule has 0 amide bonds. The van der Waals surface area contributed by atoms with E-state index in [1.165, 1.54) is 81.0 Å². The summed E-state index contributed by atoms with van der Waals surface area (Å²) in [4.78, 5) is 0. The Morgan fingerprint density at radius 1 is 0.743 bits per heavy atom. The second-order valence-electron chi connectivity index (χ2n) is 10.3. The van der Waals surface area contributed by atoms with E-state index in [1.54, 1.807) is 18.2 Å². The van der Waals surface area contributed by atoms with Crippen molar-refractivity contribution in [2.45, 2.75) is 83.5 Å². The summed E-state index contributed by atoms with van der Waals surface area (Å²) in [6.07, 6.45) is 13.4. The Labute approximate surface area is 214 Å². The smallest absolute Gasteiger partial charge is 0.142 e. The monoisotopic (exact) mass is 494 g/mol. The van der Waals surface area contributed by atoms with Crippen molar-refractivity contribution in [2.75, 3.05) is 0 Å². The molecule has 0 unspecified atom stereocenters. The lowest BCUT2D eigenvalue weighted by atomic mass is 9.76. The van der Waals surface area contributed by atoms with E-state index in [9.17, 15) is 8.78 Å². The predicted octanol–water partition coefficient (Wildman–Crippen LogP) is 10.3. The van der Waals surface area contributed by atoms with Crippen LogP contribution in [0.4, 0.5) is 8.78 Å². The summed E-state index contributed by atoms with van der Waals surface area (Å²) < 4.78 is 28.5. The zero-order chi connectivity index (χ0) is 24.6. The molecule has 3 aromatic carbocycles. The Hall–Kier alpha value is -2.19. The fourth-order valence-electron chi connectivity index (χ4n) is 5.48. The van der Waals surface area contributed by atoms with Gasteiger partial charge in [0.05, 0.1) is 5.02 Å². The van der Waals surface area contributed by atoms with Crippen molar-refractivity contribution in [3.8, 4) is 11.1 Å². The predicted molar refractivity (Wildman–Crippen MR) is 144 cm³/mol. The van der Waals surface area contributed by atoms with E-state index < -0.39 is 5.82 Å². The van der Waals surface area contributed by atoms with Crippen LogP contribution in [0.1, 0.15) is 87.3 Å². The Kier molecular flexibility index (Phi) is 9.38. The van der Waals surface area contributed by atoms with Gasteiger partial charge in [0.1, 0.15) is 11.6 Å². The second kappa shape index (κ2) is 12.7. The summed E-state index contributed by atoms with van der Waals surface area (Å²) >= 11 is 5.75. The molecule has 1 fully saturated rings. The zero-order valence-corrected chi connectivity index (χ0v) is 21.6. The number of unbranched alkanes of at least 4 members (excludes halogenated alkanes) is 3. The van der Waals surface area contributed by atoms with E-state index in [-0.39, 0.29) is 10.8 Å². The molecule has 0 N–H and O–H groups in total. The maximum atomic E-state index is 14.7. The van der Waals surface area contributed by atoms with Crippen molar-refractivity contribution in [3.63, 3.8) is 0 Å². The molecule has 186 valence electrons. The highest BCUT2D eigenvalue weighted by Gasteiger charge is 2.22. The minimum atomic E-state index is -0.526. The third-order valence-electron chi connectivity index (χ3n) is 7.72. The van der Waals surface area contributed by atoms with Gasteiger partial charge in [-0.25, -0.2) is 8.78 Å². The first-order valence-corrected chi connectivity index (χ1v) is 13.7. The number of hydrogen-bond donors (Lipinski definition) is 0. The van der Waals surface area contributed by atoms with Crippen LogP contribution >= 0.6 is 11.6 Å². The Morgan fingerprint density at radius 2 is 1.49 bits per heavy atom. The highest BCUT2D eigenvalue weighted by Crippen LogP contribution is 2.38. The maximum absolute atomic E-state index is 14.7. The molecule has 0 spiro atoms. The van der Waals surface area contributed by atoms with Gasteiger partial charge in [-0.05, 0) is 104 Å². The lowest BCUT2D eigenvalue weighted by Crippen LogP contribution is -2.14. The molecule has 1 saturated carbocycles. The second-order valence-corrected chi connectivity index (χ2v) is 10.7. The van der Waals surface area contributed by atoms with Crippen molar-refractivity contribution in [1.82, 2.24) is 0 Å². The molecule has 0 aromatic heterocycles. The largest absolute Gasteiger partial charge is 0.206 e. The van der Waals surface area contributed by atoms with Gasteiger partial charge in [-0.3, -0.25) is 0 Å². The molecular formula is C32H37ClF2. The van der Waals surface area contributed by atoms with Gasteiger partial charge in [-0.15, -0.1) is 0 Å². The lowest BCUT2D eigenvalue weighted by molar-refractivity contribution is 0.310. The van der Waals surface area contributed by atoms with Crippen LogP contribution in [0.3, 0.4) is 0 Å². The normalized spacial score (nSPS) is 18.1. The van der Waals surface area contributed by atoms with Crippen molar-refractivity contribution in [3.05, 3.63) is 94.0 Å². The summed E-state index contributed by atoms with van der Waals surface area (Å²) in [6.45, 7) is 2.26. The van der Waals surface area contributed by atoms with E-state index in [0.29, 0.717) is 23.0 Å². The molecule has 35 heavy (non-hydrogen) atoms. The molecule has 0 radical (unpaired) electrons. The van der Waals surface area contributed by atoms with Crippen LogP contribution in [0.25, 0.3) is 11.1 Å². The van der Waals surface area contributed by atoms with E-state index in [1.807, 2.05) is 6.07 Å². The minimum absolute atomic E-state index is 0.0512. The fraction of sp³-hybridized carbons (Fsp3) is 0.438. The molecule has 0 bridgehead atoms. The molecule has 1 aliphatic rings. The summed E-state index contributed by atoms with van der Waals surface area (Å²) in [6, 6.07) is 19.2. The summed E-state index contributed by atoms with van der Waals surface area (Å²) in [5.41, 5.74) is 4.91. The Bertz CT molecular complexity index is 1080. The number of hydrogen-bond acceptors (Lipinski definition) is 0. The summed E-state index contributed by atoms with van der Waals surface area (Å²) in [5.74, 6) is 0.553. The SMILES string of the molecule is CCCCCCc1ccc(C2CCC(CCc3ccc(-c4ccc(Cl)c(F)c4)c(F)c3)CC2)cc1. The molecule has 1 aliphatic carbocycles. The first-order chi connectivity index (χ1) is 17.0. The van der Waals surface area contributed by atoms with Gasteiger partial charge in [0.15, 0.2) is 0 Å². The highest BCUT2D eigenvalue weighted by atomic mass is 35.5. The van der Waals surface area contributed by atoms with Crippen LogP contribution in [-0.4, -0.2) is 0 Å². The van der Waals surface area contributed by atoms with Gasteiger partial charge in [-0.1, -0.05) is 80.3 Å². The van der Waals surface area contributed by atoms with Gasteiger partial charge in [0.2, 0.25) is 0 Å². The number of halogens is 3. The molecule has 0 atom stereocenters. The van der Waals surface area contributed by atoms with Crippen molar-refractivity contribution in [1.29, 1.82) is 0 Å². The molecule has 0 nitrogen and oxygen atoms in total. The van der Waals surface area contributed by atoms with Crippen molar-refractivity contribution in [2.24, 2.45) is 5.92 Å². The van der Waals surface area contributed by atoms with Crippen LogP contribution in [0.5, 0.6) is 0 Å². The number of rotatable bonds is 10. The Balaban J connectivity index is 1.24. The van der Waals surface area contributed by atoms with Crippen molar-refractivity contribution < 1.29 is 8.78 Å².